The van der Waals surface area contributed by atoms with E-state index in [1.807, 2.05) is 0 Å². The molecule has 0 radical (unpaired) electrons. The zero-order chi connectivity index (χ0) is 65.9. The number of nitrogens with one attached hydrogen (secondary N) is 3. The molecule has 0 fully saturated rings. The molecule has 0 unspecified atom stereocenters. The number of carbonyl (C=O) groups is 3. The van der Waals surface area contributed by atoms with Gasteiger partial charge in [0.2, 0.25) is 17.7 Å². The molecule has 0 heterocycles. The van der Waals surface area contributed by atoms with Gasteiger partial charge in [-0.3, -0.25) is 14.4 Å². The van der Waals surface area contributed by atoms with Crippen LogP contribution in [0.5, 0.6) is 0 Å². The molecule has 0 saturated heterocycles. The smallest absolute Gasteiger partial charge is 0.217 e. The highest BCUT2D eigenvalue weighted by atomic mass is 16.1. The van der Waals surface area contributed by atoms with E-state index in [-0.39, 0.29) is 17.7 Å². The summed E-state index contributed by atoms with van der Waals surface area (Å²) in [5.41, 5.74) is 30.5. The van der Waals surface area contributed by atoms with Crippen molar-refractivity contribution in [3.05, 3.63) is 108 Å². The van der Waals surface area contributed by atoms with Crippen molar-refractivity contribution in [2.45, 2.75) is 327 Å². The normalized spacial score (nSPS) is 10.9. The van der Waals surface area contributed by atoms with Crippen LogP contribution in [0.15, 0.2) is 91.0 Å². The quantitative estimate of drug-likeness (QED) is 0.0254. The first kappa shape index (κ1) is 86.9. The van der Waals surface area contributed by atoms with Gasteiger partial charge in [0.15, 0.2) is 0 Å². The van der Waals surface area contributed by atoms with Gasteiger partial charge in [-0.25, -0.2) is 0 Å². The molecule has 0 aliphatic rings. The van der Waals surface area contributed by atoms with E-state index in [1.54, 1.807) is 0 Å². The van der Waals surface area contributed by atoms with Crippen LogP contribution in [0, 0.1) is 0 Å². The van der Waals surface area contributed by atoms with E-state index >= 15 is 0 Å². The van der Waals surface area contributed by atoms with Gasteiger partial charge in [0.25, 0.3) is 0 Å². The number of aryl methyl sites for hydroxylation is 3. The van der Waals surface area contributed by atoms with Crippen molar-refractivity contribution >= 4 is 17.7 Å². The molecule has 13 N–H and O–H groups in total. The van der Waals surface area contributed by atoms with Gasteiger partial charge in [-0.05, 0) is 74.5 Å². The van der Waals surface area contributed by atoms with Gasteiger partial charge in [-0.2, -0.15) is 0 Å². The molecular weight excluding hydrogens is 1120 g/mol. The highest BCUT2D eigenvalue weighted by Crippen LogP contribution is 2.18. The van der Waals surface area contributed by atoms with Gasteiger partial charge in [-0.1, -0.05) is 341 Å². The Labute approximate surface area is 561 Å². The lowest BCUT2D eigenvalue weighted by Crippen LogP contribution is -2.35. The van der Waals surface area contributed by atoms with Crippen LogP contribution in [0.4, 0.5) is 0 Å². The molecule has 0 aliphatic heterocycles. The van der Waals surface area contributed by atoms with E-state index in [1.165, 1.54) is 286 Å². The van der Waals surface area contributed by atoms with Gasteiger partial charge in [-0.15, -0.1) is 0 Å². The van der Waals surface area contributed by atoms with Crippen molar-refractivity contribution in [2.75, 3.05) is 52.4 Å². The Morgan fingerprint density at radius 1 is 0.220 bits per heavy atom. The zero-order valence-corrected chi connectivity index (χ0v) is 59.0. The minimum atomic E-state index is -0.155. The largest absolute Gasteiger partial charge is 0.370 e. The lowest BCUT2D eigenvalue weighted by molar-refractivity contribution is -0.119. The molecule has 11 heteroatoms. The second-order valence-electron chi connectivity index (χ2n) is 26.1. The van der Waals surface area contributed by atoms with Crippen LogP contribution in [-0.4, -0.2) is 70.1 Å². The number of nitrogens with two attached hydrogens (primary N) is 5. The maximum atomic E-state index is 10.6. The number of amides is 3. The van der Waals surface area contributed by atoms with E-state index in [4.69, 9.17) is 28.7 Å². The maximum absolute atomic E-state index is 10.6. The molecule has 3 aromatic carbocycles. The molecule has 0 spiro atoms. The Morgan fingerprint density at radius 2 is 0.374 bits per heavy atom. The van der Waals surface area contributed by atoms with Crippen LogP contribution < -0.4 is 44.6 Å². The van der Waals surface area contributed by atoms with Gasteiger partial charge in [0.1, 0.15) is 0 Å². The second-order valence-corrected chi connectivity index (χ2v) is 26.1. The van der Waals surface area contributed by atoms with Gasteiger partial charge in [0, 0.05) is 71.6 Å². The summed E-state index contributed by atoms with van der Waals surface area (Å²) < 4.78 is 0. The van der Waals surface area contributed by atoms with Crippen LogP contribution in [-0.2, 0) is 33.6 Å². The molecule has 3 amide bonds. The number of benzene rings is 3. The number of primary amides is 3. The fraction of sp³-hybridized carbons (Fsp3) is 0.738. The third kappa shape index (κ3) is 74.8. The van der Waals surface area contributed by atoms with Gasteiger partial charge < -0.3 is 44.6 Å². The summed E-state index contributed by atoms with van der Waals surface area (Å²) in [5, 5.41) is 9.71. The highest BCUT2D eigenvalue weighted by molar-refractivity contribution is 5.74. The van der Waals surface area contributed by atoms with Crippen molar-refractivity contribution in [3.63, 3.8) is 0 Å². The van der Waals surface area contributed by atoms with Crippen molar-refractivity contribution in [2.24, 2.45) is 28.7 Å². The molecule has 3 rings (SSSR count). The second kappa shape index (κ2) is 74.9. The molecule has 91 heavy (non-hydrogen) atoms. The SMILES string of the molecule is NC(=O)CCCCCCCCCCCCCCCCCc1ccccc1.NC(=O)CCCCCCCCCCCCCCCCCc1ccccc1.NC(=O)CCCCCCCCCCCCCCCCCc1ccccc1.NCCNCCNCCNCCN. The Morgan fingerprint density at radius 3 is 0.538 bits per heavy atom. The number of rotatable bonds is 64. The van der Waals surface area contributed by atoms with Crippen molar-refractivity contribution < 1.29 is 14.4 Å². The van der Waals surface area contributed by atoms with E-state index in [0.717, 1.165) is 77.8 Å². The standard InChI is InChI=1S/3C24H41NO.C8H23N5/c3*25-24(26)22-18-13-11-9-7-5-3-1-2-4-6-8-10-12-15-19-23-20-16-14-17-21-23;9-1-3-11-5-7-13-8-6-12-4-2-10/h3*14,16-17,20-21H,1-13,15,18-19,22H2,(H2,25,26);11-13H,1-10H2. The Hall–Kier alpha value is -4.13. The molecule has 0 bridgehead atoms. The van der Waals surface area contributed by atoms with Crippen LogP contribution in [0.25, 0.3) is 0 Å². The molecular formula is C80H146N8O3. The van der Waals surface area contributed by atoms with Crippen molar-refractivity contribution in [1.82, 2.24) is 16.0 Å². The van der Waals surface area contributed by atoms with E-state index < -0.39 is 0 Å². The minimum absolute atomic E-state index is 0.155. The fourth-order valence-corrected chi connectivity index (χ4v) is 11.6. The number of carbonyl (C=O) groups excluding carboxylic acids is 3. The first-order valence-corrected chi connectivity index (χ1v) is 38.3. The number of hydrogen-bond acceptors (Lipinski definition) is 8. The third-order valence-corrected chi connectivity index (χ3v) is 17.3. The van der Waals surface area contributed by atoms with Crippen LogP contribution in [0.1, 0.15) is 325 Å². The molecule has 11 nitrogen and oxygen atoms in total. The Bertz CT molecular complexity index is 1680. The monoisotopic (exact) mass is 1270 g/mol. The summed E-state index contributed by atoms with van der Waals surface area (Å²) in [6.07, 6.45) is 65.7. The van der Waals surface area contributed by atoms with E-state index in [2.05, 4.69) is 107 Å². The molecule has 3 aromatic rings. The zero-order valence-electron chi connectivity index (χ0n) is 59.0. The molecule has 524 valence electrons. The molecule has 0 atom stereocenters. The summed E-state index contributed by atoms with van der Waals surface area (Å²) in [6.45, 7) is 7.15. The predicted molar refractivity (Wildman–Crippen MR) is 396 cm³/mol. The molecule has 0 aliphatic carbocycles. The first-order chi connectivity index (χ1) is 44.8. The van der Waals surface area contributed by atoms with Gasteiger partial charge in [0.05, 0.1) is 0 Å². The maximum Gasteiger partial charge on any atom is 0.217 e. The van der Waals surface area contributed by atoms with E-state index in [9.17, 15) is 14.4 Å². The summed E-state index contributed by atoms with van der Waals surface area (Å²) in [7, 11) is 0. The number of unbranched alkanes of at least 4 members (excludes halogenated alkanes) is 42. The summed E-state index contributed by atoms with van der Waals surface area (Å²) >= 11 is 0. The lowest BCUT2D eigenvalue weighted by atomic mass is 10.0. The predicted octanol–water partition coefficient (Wildman–Crippen LogP) is 18.5. The topological polar surface area (TPSA) is 217 Å². The first-order valence-electron chi connectivity index (χ1n) is 38.3. The minimum Gasteiger partial charge on any atom is -0.370 e. The molecule has 0 saturated carbocycles. The third-order valence-electron chi connectivity index (χ3n) is 17.3. The van der Waals surface area contributed by atoms with Crippen LogP contribution in [0.3, 0.4) is 0 Å². The summed E-state index contributed by atoms with van der Waals surface area (Å²) in [6, 6.07) is 32.6. The van der Waals surface area contributed by atoms with Crippen molar-refractivity contribution in [1.29, 1.82) is 0 Å². The average molecular weight is 1270 g/mol. The Kier molecular flexibility index (Phi) is 71.5. The number of hydrogen-bond donors (Lipinski definition) is 8. The summed E-state index contributed by atoms with van der Waals surface area (Å²) in [5.74, 6) is -0.466. The molecule has 0 aromatic heterocycles. The van der Waals surface area contributed by atoms with Crippen LogP contribution in [0.2, 0.25) is 0 Å². The van der Waals surface area contributed by atoms with Crippen molar-refractivity contribution in [3.8, 4) is 0 Å². The summed E-state index contributed by atoms with van der Waals surface area (Å²) in [4.78, 5) is 31.9. The van der Waals surface area contributed by atoms with Crippen LogP contribution >= 0.6 is 0 Å². The van der Waals surface area contributed by atoms with Gasteiger partial charge >= 0.3 is 0 Å². The van der Waals surface area contributed by atoms with E-state index in [0.29, 0.717) is 32.4 Å². The fourth-order valence-electron chi connectivity index (χ4n) is 11.6. The highest BCUT2D eigenvalue weighted by Gasteiger charge is 2.02. The Balaban J connectivity index is 0.00000122. The lowest BCUT2D eigenvalue weighted by Gasteiger charge is -2.06. The average Bonchev–Trinajstić information content (AvgIpc) is 3.75.